The molecular weight excluding hydrogens is 663 g/mol. The number of nitrogens with one attached hydrogen (secondary N) is 1. The molecule has 11 rings (SSSR count). The fraction of sp³-hybridized carbons (Fsp3) is 0.0638. The molecule has 0 amide bonds. The van der Waals surface area contributed by atoms with Crippen LogP contribution in [-0.4, -0.2) is 20.7 Å². The molecule has 2 aliphatic rings. The van der Waals surface area contributed by atoms with Gasteiger partial charge in [0.1, 0.15) is 0 Å². The van der Waals surface area contributed by atoms with Crippen molar-refractivity contribution in [3.05, 3.63) is 198 Å². The van der Waals surface area contributed by atoms with Gasteiger partial charge in [0.05, 0.1) is 28.6 Å². The molecular formula is C47H33N7-2. The minimum Gasteiger partial charge on any atom is -0.652 e. The first kappa shape index (κ1) is 30.6. The Bertz CT molecular complexity index is 2990. The highest BCUT2D eigenvalue weighted by atomic mass is 15.3. The smallest absolute Gasteiger partial charge is 0.0586 e. The van der Waals surface area contributed by atoms with Gasteiger partial charge in [-0.3, -0.25) is 4.99 Å². The zero-order valence-corrected chi connectivity index (χ0v) is 29.2. The molecule has 0 bridgehead atoms. The number of hydrogen-bond donors (Lipinski definition) is 1. The van der Waals surface area contributed by atoms with Gasteiger partial charge in [0.25, 0.3) is 0 Å². The largest absolute Gasteiger partial charge is 0.652 e. The van der Waals surface area contributed by atoms with Crippen molar-refractivity contribution in [1.29, 1.82) is 0 Å². The molecule has 0 fully saturated rings. The minimum absolute atomic E-state index is 0.301. The van der Waals surface area contributed by atoms with Crippen LogP contribution in [0.4, 0.5) is 0 Å². The van der Waals surface area contributed by atoms with Crippen LogP contribution < -0.4 is 5.32 Å². The highest BCUT2D eigenvalue weighted by Crippen LogP contribution is 2.41. The van der Waals surface area contributed by atoms with Crippen molar-refractivity contribution in [2.75, 3.05) is 0 Å². The second-order valence-corrected chi connectivity index (χ2v) is 13.9. The summed E-state index contributed by atoms with van der Waals surface area (Å²) in [6, 6.07) is 57.7. The Morgan fingerprint density at radius 3 is 2.04 bits per heavy atom. The molecule has 0 aliphatic carbocycles. The molecule has 54 heavy (non-hydrogen) atoms. The molecule has 3 atom stereocenters. The van der Waals surface area contributed by atoms with E-state index in [0.717, 1.165) is 38.8 Å². The van der Waals surface area contributed by atoms with Crippen LogP contribution in [-0.2, 0) is 0 Å². The van der Waals surface area contributed by atoms with Gasteiger partial charge in [0, 0.05) is 45.1 Å². The number of aliphatic imine (C=N–C) groups is 2. The minimum atomic E-state index is -0.554. The van der Waals surface area contributed by atoms with Crippen LogP contribution >= 0.6 is 0 Å². The average Bonchev–Trinajstić information content (AvgIpc) is 3.75. The van der Waals surface area contributed by atoms with Crippen LogP contribution in [0.3, 0.4) is 0 Å². The van der Waals surface area contributed by atoms with E-state index in [4.69, 9.17) is 20.6 Å². The average molecular weight is 696 g/mol. The monoisotopic (exact) mass is 695 g/mol. The molecule has 2 aromatic heterocycles. The number of hydrogen-bond acceptors (Lipinski definition) is 3. The molecule has 0 radical (unpaired) electrons. The molecule has 3 unspecified atom stereocenters. The van der Waals surface area contributed by atoms with Crippen LogP contribution in [0.15, 0.2) is 186 Å². The van der Waals surface area contributed by atoms with Gasteiger partial charge in [-0.15, -0.1) is 0 Å². The standard InChI is InChI=1S/C47H33N7/c1-3-14-31(15-4-1)44-50-45(33-24-23-30-13-7-8-16-32(30)27-33)52-46(51-44)39-25-26-48-47(49-39)54-41-22-12-10-20-36(41)38-28-37-35-19-9-11-21-40(35)53(42(37)29-43(38)54)34-17-5-2-6-18-34/h1-29,44-45,47,50H/q-2. The molecule has 0 spiro atoms. The predicted molar refractivity (Wildman–Crippen MR) is 223 cm³/mol. The van der Waals surface area contributed by atoms with Gasteiger partial charge >= 0.3 is 0 Å². The maximum absolute atomic E-state index is 5.32. The van der Waals surface area contributed by atoms with Crippen LogP contribution in [0.1, 0.15) is 29.7 Å². The van der Waals surface area contributed by atoms with E-state index in [1.165, 1.54) is 32.4 Å². The van der Waals surface area contributed by atoms with Crippen LogP contribution in [0.5, 0.6) is 0 Å². The maximum atomic E-state index is 5.32. The zero-order valence-electron chi connectivity index (χ0n) is 29.2. The topological polar surface area (TPSA) is 74.8 Å². The molecule has 0 saturated heterocycles. The molecule has 7 nitrogen and oxygen atoms in total. The molecule has 7 heteroatoms. The lowest BCUT2D eigenvalue weighted by atomic mass is 10.0. The van der Waals surface area contributed by atoms with Crippen molar-refractivity contribution in [2.24, 2.45) is 9.98 Å². The molecule has 258 valence electrons. The zero-order chi connectivity index (χ0) is 35.6. The fourth-order valence-corrected chi connectivity index (χ4v) is 8.20. The lowest BCUT2D eigenvalue weighted by Gasteiger charge is -2.42. The van der Waals surface area contributed by atoms with E-state index in [2.05, 4.69) is 160 Å². The molecule has 1 N–H and O–H groups in total. The predicted octanol–water partition coefficient (Wildman–Crippen LogP) is 11.6. The number of aromatic nitrogens is 2. The number of para-hydroxylation sites is 3. The van der Waals surface area contributed by atoms with Gasteiger partial charge in [0.15, 0.2) is 0 Å². The Kier molecular flexibility index (Phi) is 7.00. The summed E-state index contributed by atoms with van der Waals surface area (Å²) in [6.07, 6.45) is 2.62. The second kappa shape index (κ2) is 12.3. The van der Waals surface area contributed by atoms with E-state index in [-0.39, 0.29) is 12.3 Å². The van der Waals surface area contributed by atoms with Gasteiger partial charge in [-0.25, -0.2) is 0 Å². The third-order valence-corrected chi connectivity index (χ3v) is 10.7. The summed E-state index contributed by atoms with van der Waals surface area (Å²) in [5.74, 6) is 0.601. The summed E-state index contributed by atoms with van der Waals surface area (Å²) < 4.78 is 4.62. The first-order valence-electron chi connectivity index (χ1n) is 18.3. The van der Waals surface area contributed by atoms with E-state index < -0.39 is 6.29 Å². The van der Waals surface area contributed by atoms with Crippen molar-refractivity contribution in [2.45, 2.75) is 18.6 Å². The van der Waals surface area contributed by atoms with E-state index in [1.807, 2.05) is 30.5 Å². The number of amidine groups is 1. The van der Waals surface area contributed by atoms with Gasteiger partial charge in [-0.2, -0.15) is 6.20 Å². The van der Waals surface area contributed by atoms with Gasteiger partial charge < -0.3 is 30.1 Å². The fourth-order valence-electron chi connectivity index (χ4n) is 8.20. The Morgan fingerprint density at radius 2 is 1.20 bits per heavy atom. The van der Waals surface area contributed by atoms with E-state index in [1.54, 1.807) is 0 Å². The van der Waals surface area contributed by atoms with Gasteiger partial charge in [-0.1, -0.05) is 127 Å². The highest BCUT2D eigenvalue weighted by molar-refractivity contribution is 6.50. The third kappa shape index (κ3) is 4.94. The Labute approximate surface area is 311 Å². The molecule has 2 aliphatic heterocycles. The number of rotatable bonds is 5. The van der Waals surface area contributed by atoms with Crippen molar-refractivity contribution < 1.29 is 0 Å². The molecule has 4 heterocycles. The highest BCUT2D eigenvalue weighted by Gasteiger charge is 2.22. The molecule has 0 saturated carbocycles. The lowest BCUT2D eigenvalue weighted by molar-refractivity contribution is 0.490. The van der Waals surface area contributed by atoms with Crippen molar-refractivity contribution in [3.8, 4) is 5.69 Å². The summed E-state index contributed by atoms with van der Waals surface area (Å²) in [6.45, 7) is 0. The summed E-state index contributed by atoms with van der Waals surface area (Å²) in [7, 11) is 0. The SMILES string of the molecule is C1=CC(C2=NC(c3ccccc3)NC(c3ccc4ccccc4c3)[N-]2)=NC(n2c3ccccc3c3cc4c5ccccc5n(-c5ccccc5)c4cc32)[N-]1. The van der Waals surface area contributed by atoms with Crippen LogP contribution in [0.2, 0.25) is 0 Å². The maximum Gasteiger partial charge on any atom is 0.0586 e. The number of fused-ring (bicyclic) bond motifs is 7. The lowest BCUT2D eigenvalue weighted by Crippen LogP contribution is -2.34. The van der Waals surface area contributed by atoms with Gasteiger partial charge in [-0.05, 0) is 70.2 Å². The first-order chi connectivity index (χ1) is 26.8. The third-order valence-electron chi connectivity index (χ3n) is 10.7. The van der Waals surface area contributed by atoms with E-state index in [0.29, 0.717) is 11.5 Å². The quantitative estimate of drug-likeness (QED) is 0.191. The normalized spacial score (nSPS) is 18.6. The molecule has 7 aromatic carbocycles. The summed E-state index contributed by atoms with van der Waals surface area (Å²) in [5.41, 5.74) is 8.41. The number of nitrogens with zero attached hydrogens (tertiary/aromatic N) is 6. The van der Waals surface area contributed by atoms with Crippen molar-refractivity contribution in [3.63, 3.8) is 0 Å². The van der Waals surface area contributed by atoms with Crippen molar-refractivity contribution >= 4 is 65.9 Å². The van der Waals surface area contributed by atoms with E-state index >= 15 is 0 Å². The van der Waals surface area contributed by atoms with Gasteiger partial charge in [0.2, 0.25) is 0 Å². The molecule has 9 aromatic rings. The number of benzene rings is 7. The Balaban J connectivity index is 1.07. The summed E-state index contributed by atoms with van der Waals surface area (Å²) in [5, 5.41) is 21.0. The van der Waals surface area contributed by atoms with Crippen molar-refractivity contribution in [1.82, 2.24) is 14.5 Å². The second-order valence-electron chi connectivity index (χ2n) is 13.9. The summed E-state index contributed by atoms with van der Waals surface area (Å²) in [4.78, 5) is 10.5. The Morgan fingerprint density at radius 1 is 0.519 bits per heavy atom. The van der Waals surface area contributed by atoms with Crippen LogP contribution in [0.25, 0.3) is 70.7 Å². The Hall–Kier alpha value is -6.96. The van der Waals surface area contributed by atoms with E-state index in [9.17, 15) is 0 Å². The first-order valence-corrected chi connectivity index (χ1v) is 18.3. The van der Waals surface area contributed by atoms with Crippen LogP contribution in [0, 0.1) is 0 Å². The summed E-state index contributed by atoms with van der Waals surface area (Å²) >= 11 is 0.